The van der Waals surface area contributed by atoms with Gasteiger partial charge in [-0.3, -0.25) is 4.99 Å². The quantitative estimate of drug-likeness (QED) is 0.305. The molecule has 0 spiro atoms. The maximum atomic E-state index is 4.66. The fourth-order valence-corrected chi connectivity index (χ4v) is 4.33. The molecule has 0 aliphatic heterocycles. The average molecular weight is 439 g/mol. The predicted octanol–water partition coefficient (Wildman–Crippen LogP) is 6.30. The van der Waals surface area contributed by atoms with Crippen LogP contribution in [0.2, 0.25) is 0 Å². The fourth-order valence-electron chi connectivity index (χ4n) is 4.33. The zero-order valence-corrected chi connectivity index (χ0v) is 20.0. The summed E-state index contributed by atoms with van der Waals surface area (Å²) in [5.74, 6) is 1.52. The largest absolute Gasteiger partial charge is 0.376 e. The van der Waals surface area contributed by atoms with Crippen LogP contribution in [0.1, 0.15) is 30.4 Å². The molecule has 4 rings (SSSR count). The Kier molecular flexibility index (Phi) is 7.23. The van der Waals surface area contributed by atoms with Crippen LogP contribution < -0.4 is 9.80 Å². The van der Waals surface area contributed by atoms with Gasteiger partial charge in [-0.25, -0.2) is 4.99 Å². The monoisotopic (exact) mass is 438 g/mol. The molecule has 1 aliphatic carbocycles. The Labute approximate surface area is 198 Å². The van der Waals surface area contributed by atoms with Crippen LogP contribution in [0, 0.1) is 5.92 Å². The summed E-state index contributed by atoms with van der Waals surface area (Å²) < 4.78 is 0. The van der Waals surface area contributed by atoms with E-state index in [4.69, 9.17) is 0 Å². The first-order valence-corrected chi connectivity index (χ1v) is 11.7. The van der Waals surface area contributed by atoms with Gasteiger partial charge in [-0.05, 0) is 54.3 Å². The molecule has 0 radical (unpaired) electrons. The summed E-state index contributed by atoms with van der Waals surface area (Å²) in [7, 11) is 6.47. The third-order valence-electron chi connectivity index (χ3n) is 6.51. The van der Waals surface area contributed by atoms with Crippen molar-refractivity contribution in [2.75, 3.05) is 37.5 Å². The van der Waals surface area contributed by atoms with Gasteiger partial charge in [0.15, 0.2) is 5.84 Å². The van der Waals surface area contributed by atoms with E-state index in [1.807, 2.05) is 30.3 Å². The van der Waals surface area contributed by atoms with Gasteiger partial charge in [0.25, 0.3) is 0 Å². The minimum atomic E-state index is 0.581. The topological polar surface area (TPSA) is 31.2 Å². The van der Waals surface area contributed by atoms with Crippen molar-refractivity contribution in [1.82, 2.24) is 0 Å². The summed E-state index contributed by atoms with van der Waals surface area (Å²) in [5.41, 5.74) is 7.14. The molecular formula is C29H34N4. The summed E-state index contributed by atoms with van der Waals surface area (Å²) in [6, 6.07) is 25.4. The van der Waals surface area contributed by atoms with E-state index in [-0.39, 0.29) is 0 Å². The number of hydrogen-bond acceptors (Lipinski definition) is 3. The third kappa shape index (κ3) is 5.51. The number of amidine groups is 1. The molecule has 170 valence electrons. The number of benzene rings is 3. The molecule has 0 atom stereocenters. The van der Waals surface area contributed by atoms with Gasteiger partial charge < -0.3 is 9.80 Å². The van der Waals surface area contributed by atoms with Crippen molar-refractivity contribution in [3.63, 3.8) is 0 Å². The van der Waals surface area contributed by atoms with Crippen LogP contribution in [0.4, 0.5) is 11.4 Å². The molecule has 33 heavy (non-hydrogen) atoms. The lowest BCUT2D eigenvalue weighted by atomic mass is 9.85. The summed E-state index contributed by atoms with van der Waals surface area (Å²) in [6.45, 7) is 5.40. The van der Waals surface area contributed by atoms with Crippen molar-refractivity contribution in [2.24, 2.45) is 15.9 Å². The van der Waals surface area contributed by atoms with E-state index < -0.39 is 0 Å². The molecule has 0 bridgehead atoms. The summed E-state index contributed by atoms with van der Waals surface area (Å²) in [5, 5.41) is 0. The predicted molar refractivity (Wildman–Crippen MR) is 143 cm³/mol. The summed E-state index contributed by atoms with van der Waals surface area (Å²) in [6.07, 6.45) is 4.12. The Hall–Kier alpha value is -3.40. The molecule has 0 N–H and O–H groups in total. The second kappa shape index (κ2) is 10.5. The minimum absolute atomic E-state index is 0.581. The molecular weight excluding hydrogens is 404 g/mol. The molecule has 1 saturated carbocycles. The smallest absolute Gasteiger partial charge is 0.154 e. The van der Waals surface area contributed by atoms with E-state index in [1.54, 1.807) is 0 Å². The molecule has 0 aromatic heterocycles. The Morgan fingerprint density at radius 1 is 0.879 bits per heavy atom. The van der Waals surface area contributed by atoms with Crippen LogP contribution in [-0.2, 0) is 6.54 Å². The van der Waals surface area contributed by atoms with Gasteiger partial charge in [0.05, 0.1) is 17.9 Å². The molecule has 0 heterocycles. The first-order chi connectivity index (χ1) is 16.0. The highest BCUT2D eigenvalue weighted by atomic mass is 15.2. The Balaban J connectivity index is 1.50. The number of rotatable bonds is 8. The van der Waals surface area contributed by atoms with Gasteiger partial charge >= 0.3 is 0 Å². The normalized spacial score (nSPS) is 14.0. The number of aliphatic imine (C=N–C) groups is 2. The van der Waals surface area contributed by atoms with Crippen molar-refractivity contribution < 1.29 is 0 Å². The lowest BCUT2D eigenvalue weighted by Gasteiger charge is -2.33. The maximum Gasteiger partial charge on any atom is 0.154 e. The van der Waals surface area contributed by atoms with E-state index in [9.17, 15) is 0 Å². The Bertz CT molecular complexity index is 1100. The molecule has 4 heteroatoms. The molecule has 0 unspecified atom stereocenters. The van der Waals surface area contributed by atoms with Gasteiger partial charge in [0, 0.05) is 33.3 Å². The maximum absolute atomic E-state index is 4.66. The number of anilines is 2. The van der Waals surface area contributed by atoms with Gasteiger partial charge in [0.2, 0.25) is 0 Å². The van der Waals surface area contributed by atoms with E-state index >= 15 is 0 Å². The Morgan fingerprint density at radius 3 is 2.18 bits per heavy atom. The zero-order valence-electron chi connectivity index (χ0n) is 20.0. The van der Waals surface area contributed by atoms with Crippen molar-refractivity contribution >= 4 is 23.9 Å². The van der Waals surface area contributed by atoms with Gasteiger partial charge in [-0.15, -0.1) is 0 Å². The van der Waals surface area contributed by atoms with Crippen LogP contribution in [0.25, 0.3) is 11.1 Å². The van der Waals surface area contributed by atoms with Gasteiger partial charge in [0.1, 0.15) is 0 Å². The lowest BCUT2D eigenvalue weighted by Crippen LogP contribution is -2.30. The van der Waals surface area contributed by atoms with Crippen LogP contribution in [0.15, 0.2) is 82.8 Å². The number of hydrogen-bond donors (Lipinski definition) is 0. The van der Waals surface area contributed by atoms with Crippen molar-refractivity contribution in [3.8, 4) is 11.1 Å². The average Bonchev–Trinajstić information content (AvgIpc) is 2.82. The van der Waals surface area contributed by atoms with Crippen LogP contribution >= 0.6 is 0 Å². The summed E-state index contributed by atoms with van der Waals surface area (Å²) in [4.78, 5) is 13.4. The van der Waals surface area contributed by atoms with Crippen LogP contribution in [-0.4, -0.2) is 40.2 Å². The van der Waals surface area contributed by atoms with Gasteiger partial charge in [-0.2, -0.15) is 0 Å². The van der Waals surface area contributed by atoms with E-state index in [1.165, 1.54) is 41.8 Å². The van der Waals surface area contributed by atoms with Crippen molar-refractivity contribution in [3.05, 3.63) is 83.9 Å². The van der Waals surface area contributed by atoms with Crippen molar-refractivity contribution in [2.45, 2.75) is 25.8 Å². The van der Waals surface area contributed by atoms with Crippen LogP contribution in [0.5, 0.6) is 0 Å². The molecule has 3 aromatic rings. The molecule has 4 nitrogen and oxygen atoms in total. The zero-order chi connectivity index (χ0) is 23.2. The molecule has 0 amide bonds. The lowest BCUT2D eigenvalue weighted by molar-refractivity contribution is 0.321. The standard InChI is InChI=1S/C29H34N4/c1-30-29(25-11-6-5-7-12-25)31-20-22-13-15-24(16-14-22)26-17-18-27(28(19-26)32(2)3)33(4)21-23-9-8-10-23/h5-7,11-19,23H,1,8-10,20-21H2,2-4H3. The van der Waals surface area contributed by atoms with E-state index in [2.05, 4.69) is 90.1 Å². The Morgan fingerprint density at radius 2 is 1.58 bits per heavy atom. The van der Waals surface area contributed by atoms with E-state index in [0.717, 1.165) is 23.6 Å². The molecule has 0 saturated heterocycles. The first kappa shape index (κ1) is 22.8. The second-order valence-corrected chi connectivity index (χ2v) is 9.14. The molecule has 1 fully saturated rings. The second-order valence-electron chi connectivity index (χ2n) is 9.14. The first-order valence-electron chi connectivity index (χ1n) is 11.7. The minimum Gasteiger partial charge on any atom is -0.376 e. The third-order valence-corrected chi connectivity index (χ3v) is 6.51. The van der Waals surface area contributed by atoms with E-state index in [0.29, 0.717) is 12.4 Å². The SMILES string of the molecule is C=NC(=NCc1ccc(-c2ccc(N(C)CC3CCC3)c(N(C)C)c2)cc1)c1ccccc1. The van der Waals surface area contributed by atoms with Crippen LogP contribution in [0.3, 0.4) is 0 Å². The highest BCUT2D eigenvalue weighted by Gasteiger charge is 2.21. The highest BCUT2D eigenvalue weighted by Crippen LogP contribution is 2.35. The van der Waals surface area contributed by atoms with Gasteiger partial charge in [-0.1, -0.05) is 67.1 Å². The van der Waals surface area contributed by atoms with Crippen molar-refractivity contribution in [1.29, 1.82) is 0 Å². The molecule has 1 aliphatic rings. The fraction of sp³-hybridized carbons (Fsp3) is 0.310. The number of nitrogens with zero attached hydrogens (tertiary/aromatic N) is 4. The summed E-state index contributed by atoms with van der Waals surface area (Å²) >= 11 is 0. The molecule has 3 aromatic carbocycles. The highest BCUT2D eigenvalue weighted by molar-refractivity contribution is 6.01.